The Hall–Kier alpha value is -3.04. The fraction of sp³-hybridized carbons (Fsp3) is 0.211. The van der Waals surface area contributed by atoms with E-state index < -0.39 is 5.92 Å². The molecule has 2 N–H and O–H groups in total. The molecular weight excluding hydrogens is 354 g/mol. The van der Waals surface area contributed by atoms with Gasteiger partial charge < -0.3 is 15.4 Å². The van der Waals surface area contributed by atoms with E-state index in [0.29, 0.717) is 34.1 Å². The highest BCUT2D eigenvalue weighted by molar-refractivity contribution is 6.31. The highest BCUT2D eigenvalue weighted by Gasteiger charge is 2.48. The van der Waals surface area contributed by atoms with E-state index in [4.69, 9.17) is 21.6 Å². The van der Waals surface area contributed by atoms with Crippen LogP contribution in [0, 0.1) is 23.2 Å². The molecule has 7 heteroatoms. The number of ether oxygens (including phenoxy) is 1. The molecule has 0 saturated heterocycles. The monoisotopic (exact) mass is 369 g/mol. The Morgan fingerprint density at radius 2 is 1.77 bits per heavy atom. The van der Waals surface area contributed by atoms with Crippen LogP contribution in [0.1, 0.15) is 12.0 Å². The maximum Gasteiger partial charge on any atom is 0.228 e. The Kier molecular flexibility index (Phi) is 5.10. The van der Waals surface area contributed by atoms with Crippen LogP contribution in [0.4, 0.5) is 11.4 Å². The van der Waals surface area contributed by atoms with Crippen molar-refractivity contribution in [3.63, 3.8) is 0 Å². The van der Waals surface area contributed by atoms with Crippen molar-refractivity contribution in [2.24, 2.45) is 11.8 Å². The van der Waals surface area contributed by atoms with Crippen LogP contribution in [0.5, 0.6) is 5.75 Å². The number of rotatable bonds is 5. The minimum Gasteiger partial charge on any atom is -0.495 e. The van der Waals surface area contributed by atoms with Crippen LogP contribution in [0.3, 0.4) is 0 Å². The van der Waals surface area contributed by atoms with Gasteiger partial charge in [0.05, 0.1) is 36.3 Å². The number of halogens is 1. The van der Waals surface area contributed by atoms with E-state index in [1.54, 1.807) is 42.5 Å². The summed E-state index contributed by atoms with van der Waals surface area (Å²) in [5.74, 6) is -0.728. The summed E-state index contributed by atoms with van der Waals surface area (Å²) in [6.07, 6.45) is 0.483. The molecule has 132 valence electrons. The van der Waals surface area contributed by atoms with Crippen LogP contribution >= 0.6 is 11.6 Å². The topological polar surface area (TPSA) is 91.2 Å². The number of benzene rings is 2. The maximum atomic E-state index is 12.4. The van der Waals surface area contributed by atoms with Gasteiger partial charge in [-0.05, 0) is 48.9 Å². The van der Waals surface area contributed by atoms with Gasteiger partial charge in [0.25, 0.3) is 0 Å². The van der Waals surface area contributed by atoms with Crippen LogP contribution < -0.4 is 15.4 Å². The van der Waals surface area contributed by atoms with Gasteiger partial charge in [-0.1, -0.05) is 11.6 Å². The minimum absolute atomic E-state index is 0.215. The van der Waals surface area contributed by atoms with Gasteiger partial charge in [-0.2, -0.15) is 5.26 Å². The van der Waals surface area contributed by atoms with Crippen molar-refractivity contribution < 1.29 is 14.3 Å². The zero-order chi connectivity index (χ0) is 18.7. The molecule has 2 amide bonds. The van der Waals surface area contributed by atoms with Crippen LogP contribution in [0.25, 0.3) is 0 Å². The standard InChI is InChI=1S/C19H16ClN3O3/c1-26-17-7-4-12(20)8-16(17)23-19(25)15-9-14(15)18(24)22-13-5-2-11(10-21)3-6-13/h2-8,14-15H,9H2,1H3,(H,22,24)(H,23,25). The number of anilines is 2. The molecule has 2 aromatic rings. The smallest absolute Gasteiger partial charge is 0.228 e. The second-order valence-electron chi connectivity index (χ2n) is 5.96. The summed E-state index contributed by atoms with van der Waals surface area (Å²) < 4.78 is 5.20. The summed E-state index contributed by atoms with van der Waals surface area (Å²) in [6, 6.07) is 13.5. The van der Waals surface area contributed by atoms with Crippen molar-refractivity contribution in [3.8, 4) is 11.8 Å². The lowest BCUT2D eigenvalue weighted by molar-refractivity contribution is -0.122. The summed E-state index contributed by atoms with van der Waals surface area (Å²) >= 11 is 5.95. The molecule has 3 rings (SSSR count). The van der Waals surface area contributed by atoms with Crippen molar-refractivity contribution >= 4 is 34.8 Å². The highest BCUT2D eigenvalue weighted by atomic mass is 35.5. The second kappa shape index (κ2) is 7.46. The summed E-state index contributed by atoms with van der Waals surface area (Å²) in [6.45, 7) is 0. The van der Waals surface area contributed by atoms with E-state index in [0.717, 1.165) is 0 Å². The lowest BCUT2D eigenvalue weighted by atomic mass is 10.2. The first-order chi connectivity index (χ1) is 12.5. The Bertz CT molecular complexity index is 890. The second-order valence-corrected chi connectivity index (χ2v) is 6.40. The molecule has 26 heavy (non-hydrogen) atoms. The molecule has 2 atom stereocenters. The number of nitrogens with one attached hydrogen (secondary N) is 2. The zero-order valence-electron chi connectivity index (χ0n) is 14.0. The lowest BCUT2D eigenvalue weighted by Gasteiger charge is -2.10. The lowest BCUT2D eigenvalue weighted by Crippen LogP contribution is -2.20. The number of methoxy groups -OCH3 is 1. The Balaban J connectivity index is 1.59. The largest absolute Gasteiger partial charge is 0.495 e. The molecule has 1 saturated carbocycles. The Morgan fingerprint density at radius 1 is 1.12 bits per heavy atom. The molecule has 2 aromatic carbocycles. The third kappa shape index (κ3) is 3.95. The Morgan fingerprint density at radius 3 is 2.38 bits per heavy atom. The molecular formula is C19H16ClN3O3. The van der Waals surface area contributed by atoms with Crippen LogP contribution in [-0.2, 0) is 9.59 Å². The molecule has 0 bridgehead atoms. The van der Waals surface area contributed by atoms with Gasteiger partial charge in [0.2, 0.25) is 11.8 Å². The first kappa shape index (κ1) is 17.8. The number of nitriles is 1. The Labute approximate surface area is 155 Å². The van der Waals surface area contributed by atoms with Gasteiger partial charge in [0, 0.05) is 10.7 Å². The zero-order valence-corrected chi connectivity index (χ0v) is 14.7. The third-order valence-electron chi connectivity index (χ3n) is 4.16. The summed E-state index contributed by atoms with van der Waals surface area (Å²) in [7, 11) is 1.50. The van der Waals surface area contributed by atoms with Crippen molar-refractivity contribution in [3.05, 3.63) is 53.1 Å². The van der Waals surface area contributed by atoms with Crippen LogP contribution in [0.2, 0.25) is 5.02 Å². The summed E-state index contributed by atoms with van der Waals surface area (Å²) in [5, 5.41) is 14.8. The third-order valence-corrected chi connectivity index (χ3v) is 4.40. The average molecular weight is 370 g/mol. The molecule has 1 aliphatic rings. The number of nitrogens with zero attached hydrogens (tertiary/aromatic N) is 1. The predicted octanol–water partition coefficient (Wildman–Crippen LogP) is 3.43. The van der Waals surface area contributed by atoms with Gasteiger partial charge in [-0.25, -0.2) is 0 Å². The maximum absolute atomic E-state index is 12.4. The van der Waals surface area contributed by atoms with Crippen molar-refractivity contribution in [1.82, 2.24) is 0 Å². The van der Waals surface area contributed by atoms with Crippen LogP contribution in [0.15, 0.2) is 42.5 Å². The van der Waals surface area contributed by atoms with E-state index in [9.17, 15) is 9.59 Å². The molecule has 0 aromatic heterocycles. The van der Waals surface area contributed by atoms with Gasteiger partial charge in [-0.15, -0.1) is 0 Å². The summed E-state index contributed by atoms with van der Waals surface area (Å²) in [5.41, 5.74) is 1.59. The fourth-order valence-electron chi connectivity index (χ4n) is 2.64. The average Bonchev–Trinajstić information content (AvgIpc) is 3.43. The number of hydrogen-bond donors (Lipinski definition) is 2. The number of hydrogen-bond acceptors (Lipinski definition) is 4. The van der Waals surface area contributed by atoms with Crippen LogP contribution in [-0.4, -0.2) is 18.9 Å². The first-order valence-corrected chi connectivity index (χ1v) is 8.35. The molecule has 2 unspecified atom stereocenters. The molecule has 0 spiro atoms. The van der Waals surface area contributed by atoms with Gasteiger partial charge in [0.1, 0.15) is 5.75 Å². The molecule has 0 radical (unpaired) electrons. The summed E-state index contributed by atoms with van der Waals surface area (Å²) in [4.78, 5) is 24.7. The van der Waals surface area contributed by atoms with Crippen molar-refractivity contribution in [2.45, 2.75) is 6.42 Å². The first-order valence-electron chi connectivity index (χ1n) is 7.97. The van der Waals surface area contributed by atoms with Gasteiger partial charge in [0.15, 0.2) is 0 Å². The number of carbonyl (C=O) groups excluding carboxylic acids is 2. The number of amides is 2. The normalized spacial score (nSPS) is 17.7. The molecule has 1 aliphatic carbocycles. The SMILES string of the molecule is COc1ccc(Cl)cc1NC(=O)C1CC1C(=O)Nc1ccc(C#N)cc1. The van der Waals surface area contributed by atoms with Gasteiger partial charge in [-0.3, -0.25) is 9.59 Å². The molecule has 0 heterocycles. The van der Waals surface area contributed by atoms with Gasteiger partial charge >= 0.3 is 0 Å². The van der Waals surface area contributed by atoms with E-state index in [-0.39, 0.29) is 17.7 Å². The molecule has 6 nitrogen and oxygen atoms in total. The van der Waals surface area contributed by atoms with E-state index in [1.165, 1.54) is 7.11 Å². The van der Waals surface area contributed by atoms with E-state index in [1.807, 2.05) is 6.07 Å². The van der Waals surface area contributed by atoms with E-state index in [2.05, 4.69) is 10.6 Å². The number of carbonyl (C=O) groups is 2. The highest BCUT2D eigenvalue weighted by Crippen LogP contribution is 2.41. The fourth-order valence-corrected chi connectivity index (χ4v) is 2.81. The quantitative estimate of drug-likeness (QED) is 0.844. The van der Waals surface area contributed by atoms with E-state index >= 15 is 0 Å². The predicted molar refractivity (Wildman–Crippen MR) is 98.0 cm³/mol. The van der Waals surface area contributed by atoms with Crippen molar-refractivity contribution in [2.75, 3.05) is 17.7 Å². The van der Waals surface area contributed by atoms with Crippen molar-refractivity contribution in [1.29, 1.82) is 5.26 Å². The molecule has 1 fully saturated rings. The minimum atomic E-state index is -0.392. The molecule has 0 aliphatic heterocycles.